The number of fused-ring (bicyclic) bond motifs is 1. The lowest BCUT2D eigenvalue weighted by molar-refractivity contribution is 0.101. The van der Waals surface area contributed by atoms with Crippen molar-refractivity contribution in [2.75, 3.05) is 18.4 Å². The fraction of sp³-hybridized carbons (Fsp3) is 0.286. The molecule has 3 aromatic rings. The number of piperidine rings is 1. The molecule has 0 aliphatic carbocycles. The number of nitrogens with one attached hydrogen (secondary N) is 1. The zero-order chi connectivity index (χ0) is 27.9. The Kier molecular flexibility index (Phi) is 7.39. The average molecular weight is 595 g/mol. The van der Waals surface area contributed by atoms with Crippen molar-refractivity contribution in [2.24, 2.45) is 4.99 Å². The molecule has 1 saturated heterocycles. The summed E-state index contributed by atoms with van der Waals surface area (Å²) in [6.45, 7) is 2.32. The number of aromatic nitrogens is 2. The van der Waals surface area contributed by atoms with Crippen molar-refractivity contribution < 1.29 is 13.2 Å². The lowest BCUT2D eigenvalue weighted by Crippen LogP contribution is -2.45. The summed E-state index contributed by atoms with van der Waals surface area (Å²) in [6, 6.07) is 15.1. The molecular formula is C28H27ClN6O3S2. The largest absolute Gasteiger partial charge is 0.350 e. The fourth-order valence-corrected chi connectivity index (χ4v) is 7.69. The molecule has 3 atom stereocenters. The molecule has 0 amide bonds. The van der Waals surface area contributed by atoms with Gasteiger partial charge in [-0.3, -0.25) is 9.79 Å². The van der Waals surface area contributed by atoms with Crippen molar-refractivity contribution in [1.29, 1.82) is 0 Å². The van der Waals surface area contributed by atoms with Gasteiger partial charge in [0, 0.05) is 42.1 Å². The monoisotopic (exact) mass is 594 g/mol. The van der Waals surface area contributed by atoms with Crippen molar-refractivity contribution in [3.8, 4) is 0 Å². The molecule has 4 heterocycles. The van der Waals surface area contributed by atoms with Crippen LogP contribution in [-0.2, 0) is 10.0 Å². The van der Waals surface area contributed by atoms with E-state index in [1.165, 1.54) is 16.4 Å². The molecule has 0 bridgehead atoms. The number of carbonyl (C=O) groups excluding carboxylic acids is 1. The third-order valence-corrected chi connectivity index (χ3v) is 10.2. The van der Waals surface area contributed by atoms with Gasteiger partial charge in [-0.05, 0) is 67.1 Å². The Morgan fingerprint density at radius 2 is 1.98 bits per heavy atom. The Morgan fingerprint density at radius 3 is 2.77 bits per heavy atom. The SMILES string of the molecule is CC(=O)c1cccc(C2N=C3SC=CN3C2c2ccnc(N[C@@H]3CCCN(S(=O)(=O)c4ccc(Cl)cc4)C3)n2)c1. The molecule has 1 N–H and O–H groups in total. The second-order valence-corrected chi connectivity index (χ2v) is 13.1. The van der Waals surface area contributed by atoms with Gasteiger partial charge < -0.3 is 10.2 Å². The number of hydrogen-bond donors (Lipinski definition) is 1. The first kappa shape index (κ1) is 26.9. The van der Waals surface area contributed by atoms with Gasteiger partial charge in [0.05, 0.1) is 10.6 Å². The van der Waals surface area contributed by atoms with Crippen LogP contribution in [0, 0.1) is 0 Å². The number of nitrogens with zero attached hydrogens (tertiary/aromatic N) is 5. The summed E-state index contributed by atoms with van der Waals surface area (Å²) in [5.74, 6) is 0.445. The standard InChI is InChI=1S/C28H27ClN6O3S2/c1-18(36)19-4-2-5-20(16-19)25-26(35-14-15-39-28(35)33-25)24-11-12-30-27(32-24)31-22-6-3-13-34(17-22)40(37,38)23-9-7-21(29)8-10-23/h2,4-5,7-12,14-16,22,25-26H,3,6,13,17H2,1H3,(H,30,31,32)/t22-,25?,26?/m1/s1. The van der Waals surface area contributed by atoms with E-state index in [4.69, 9.17) is 21.6 Å². The first-order valence-corrected chi connectivity index (χ1v) is 15.6. The van der Waals surface area contributed by atoms with Crippen LogP contribution in [0.1, 0.15) is 53.5 Å². The predicted octanol–water partition coefficient (Wildman–Crippen LogP) is 5.27. The van der Waals surface area contributed by atoms with Crippen LogP contribution in [-0.4, -0.2) is 57.7 Å². The van der Waals surface area contributed by atoms with E-state index in [0.29, 0.717) is 36.0 Å². The van der Waals surface area contributed by atoms with Crippen molar-refractivity contribution in [2.45, 2.75) is 42.8 Å². The zero-order valence-corrected chi connectivity index (χ0v) is 24.0. The molecule has 40 heavy (non-hydrogen) atoms. The molecule has 2 aromatic carbocycles. The highest BCUT2D eigenvalue weighted by Crippen LogP contribution is 2.46. The van der Waals surface area contributed by atoms with E-state index < -0.39 is 10.0 Å². The lowest BCUT2D eigenvalue weighted by atomic mass is 9.95. The summed E-state index contributed by atoms with van der Waals surface area (Å²) in [6.07, 6.45) is 5.22. The number of amidine groups is 1. The third kappa shape index (κ3) is 5.26. The maximum atomic E-state index is 13.2. The van der Waals surface area contributed by atoms with E-state index in [9.17, 15) is 13.2 Å². The number of Topliss-reactive ketones (excluding diaryl/α,β-unsaturated/α-hetero) is 1. The summed E-state index contributed by atoms with van der Waals surface area (Å²) in [4.78, 5) is 28.6. The number of hydrogen-bond acceptors (Lipinski definition) is 9. The van der Waals surface area contributed by atoms with Gasteiger partial charge in [-0.1, -0.05) is 41.6 Å². The topological polar surface area (TPSA) is 108 Å². The van der Waals surface area contributed by atoms with Gasteiger partial charge >= 0.3 is 0 Å². The maximum absolute atomic E-state index is 13.2. The minimum Gasteiger partial charge on any atom is -0.350 e. The minimum absolute atomic E-state index is 0.00643. The third-order valence-electron chi connectivity index (χ3n) is 7.25. The minimum atomic E-state index is -3.64. The molecule has 0 radical (unpaired) electrons. The Labute approximate surface area is 242 Å². The number of aliphatic imine (C=N–C) groups is 1. The molecule has 9 nitrogen and oxygen atoms in total. The van der Waals surface area contributed by atoms with E-state index in [0.717, 1.165) is 22.8 Å². The molecule has 0 spiro atoms. The van der Waals surface area contributed by atoms with Crippen molar-refractivity contribution >= 4 is 50.3 Å². The molecule has 1 fully saturated rings. The van der Waals surface area contributed by atoms with Gasteiger partial charge in [-0.15, -0.1) is 0 Å². The number of anilines is 1. The second kappa shape index (κ2) is 11.0. The van der Waals surface area contributed by atoms with Crippen LogP contribution in [0.5, 0.6) is 0 Å². The number of ketones is 1. The van der Waals surface area contributed by atoms with Crippen molar-refractivity contribution in [3.63, 3.8) is 0 Å². The van der Waals surface area contributed by atoms with E-state index in [1.54, 1.807) is 37.0 Å². The molecular weight excluding hydrogens is 568 g/mol. The number of sulfonamides is 1. The molecule has 1 aromatic heterocycles. The Balaban J connectivity index is 1.23. The highest BCUT2D eigenvalue weighted by Gasteiger charge is 2.40. The van der Waals surface area contributed by atoms with E-state index in [-0.39, 0.29) is 28.8 Å². The molecule has 206 valence electrons. The fourth-order valence-electron chi connectivity index (χ4n) is 5.26. The summed E-state index contributed by atoms with van der Waals surface area (Å²) in [5, 5.41) is 6.74. The van der Waals surface area contributed by atoms with Gasteiger partial charge in [-0.25, -0.2) is 18.4 Å². The first-order valence-electron chi connectivity index (χ1n) is 13.0. The van der Waals surface area contributed by atoms with Gasteiger partial charge in [0.2, 0.25) is 16.0 Å². The van der Waals surface area contributed by atoms with E-state index in [2.05, 4.69) is 15.2 Å². The Bertz CT molecular complexity index is 1610. The van der Waals surface area contributed by atoms with Gasteiger partial charge in [-0.2, -0.15) is 4.31 Å². The van der Waals surface area contributed by atoms with Crippen molar-refractivity contribution in [3.05, 3.63) is 94.2 Å². The zero-order valence-electron chi connectivity index (χ0n) is 21.6. The quantitative estimate of drug-likeness (QED) is 0.369. The van der Waals surface area contributed by atoms with Crippen LogP contribution < -0.4 is 5.32 Å². The normalized spacial score (nSPS) is 22.7. The Hall–Kier alpha value is -3.25. The summed E-state index contributed by atoms with van der Waals surface area (Å²) >= 11 is 7.51. The number of thioether (sulfide) groups is 1. The molecule has 2 unspecified atom stereocenters. The summed E-state index contributed by atoms with van der Waals surface area (Å²) < 4.78 is 28.0. The highest BCUT2D eigenvalue weighted by atomic mass is 35.5. The first-order chi connectivity index (χ1) is 19.3. The van der Waals surface area contributed by atoms with Crippen LogP contribution >= 0.6 is 23.4 Å². The number of halogens is 1. The number of carbonyl (C=O) groups is 1. The smallest absolute Gasteiger partial charge is 0.243 e. The molecule has 0 saturated carbocycles. The van der Waals surface area contributed by atoms with Crippen LogP contribution in [0.2, 0.25) is 5.02 Å². The van der Waals surface area contributed by atoms with E-state index in [1.807, 2.05) is 41.9 Å². The summed E-state index contributed by atoms with van der Waals surface area (Å²) in [7, 11) is -3.64. The van der Waals surface area contributed by atoms with Gasteiger partial charge in [0.15, 0.2) is 11.0 Å². The maximum Gasteiger partial charge on any atom is 0.243 e. The second-order valence-electron chi connectivity index (χ2n) is 9.90. The molecule has 3 aliphatic heterocycles. The van der Waals surface area contributed by atoms with E-state index >= 15 is 0 Å². The lowest BCUT2D eigenvalue weighted by Gasteiger charge is -2.32. The van der Waals surface area contributed by atoms with Crippen LogP contribution in [0.15, 0.2) is 82.3 Å². The van der Waals surface area contributed by atoms with Crippen LogP contribution in [0.3, 0.4) is 0 Å². The average Bonchev–Trinajstić information content (AvgIpc) is 3.55. The van der Waals surface area contributed by atoms with Crippen molar-refractivity contribution in [1.82, 2.24) is 19.2 Å². The molecule has 3 aliphatic rings. The number of rotatable bonds is 7. The predicted molar refractivity (Wildman–Crippen MR) is 157 cm³/mol. The summed E-state index contributed by atoms with van der Waals surface area (Å²) in [5.41, 5.74) is 2.37. The van der Waals surface area contributed by atoms with Gasteiger partial charge in [0.25, 0.3) is 0 Å². The highest BCUT2D eigenvalue weighted by molar-refractivity contribution is 8.16. The van der Waals surface area contributed by atoms with Crippen LogP contribution in [0.25, 0.3) is 0 Å². The molecule has 12 heteroatoms. The Morgan fingerprint density at radius 1 is 1.15 bits per heavy atom. The van der Waals surface area contributed by atoms with Crippen LogP contribution in [0.4, 0.5) is 5.95 Å². The van der Waals surface area contributed by atoms with Gasteiger partial charge in [0.1, 0.15) is 12.1 Å². The molecule has 6 rings (SSSR count). The number of benzene rings is 2.